The van der Waals surface area contributed by atoms with E-state index >= 15 is 0 Å². The van der Waals surface area contributed by atoms with Gasteiger partial charge in [0.25, 0.3) is 5.91 Å². The van der Waals surface area contributed by atoms with Crippen LogP contribution in [0, 0.1) is 6.92 Å². The summed E-state index contributed by atoms with van der Waals surface area (Å²) in [5.41, 5.74) is 0.501. The van der Waals surface area contributed by atoms with Gasteiger partial charge in [-0.25, -0.2) is 0 Å². The van der Waals surface area contributed by atoms with Crippen molar-refractivity contribution in [2.24, 2.45) is 0 Å². The molecule has 1 heterocycles. The summed E-state index contributed by atoms with van der Waals surface area (Å²) in [5.74, 6) is -0.0702. The molecule has 0 spiro atoms. The molecule has 15 heavy (non-hydrogen) atoms. The van der Waals surface area contributed by atoms with Crippen molar-refractivity contribution in [3.8, 4) is 0 Å². The number of hydrogen-bond acceptors (Lipinski definition) is 3. The minimum atomic E-state index is -0.0702. The predicted octanol–water partition coefficient (Wildman–Crippen LogP) is 2.27. The lowest BCUT2D eigenvalue weighted by molar-refractivity contribution is 0.0786. The zero-order chi connectivity index (χ0) is 11.3. The van der Waals surface area contributed by atoms with E-state index in [1.165, 1.54) is 11.5 Å². The number of rotatable bonds is 5. The molecule has 80 valence electrons. The smallest absolute Gasteiger partial charge is 0.274 e. The molecule has 0 aliphatic carbocycles. The number of carbonyl (C=O) groups excluding carboxylic acids is 1. The minimum absolute atomic E-state index is 0.0702. The number of aryl methyl sites for hydroxylation is 1. The van der Waals surface area contributed by atoms with Crippen molar-refractivity contribution in [1.82, 2.24) is 9.27 Å². The molecule has 0 bridgehead atoms. The van der Waals surface area contributed by atoms with Crippen molar-refractivity contribution < 1.29 is 4.79 Å². The SMILES string of the molecule is C=CCN(CC=C)C(=O)c1cc(C)sn1. The second-order valence-corrected chi connectivity index (χ2v) is 4.12. The lowest BCUT2D eigenvalue weighted by Crippen LogP contribution is -2.31. The number of nitrogens with zero attached hydrogens (tertiary/aromatic N) is 2. The second kappa shape index (κ2) is 5.46. The van der Waals surface area contributed by atoms with Crippen molar-refractivity contribution in [3.05, 3.63) is 41.9 Å². The summed E-state index contributed by atoms with van der Waals surface area (Å²) in [5, 5.41) is 0. The first-order valence-electron chi connectivity index (χ1n) is 4.63. The highest BCUT2D eigenvalue weighted by Gasteiger charge is 2.15. The van der Waals surface area contributed by atoms with Crippen LogP contribution >= 0.6 is 11.5 Å². The first-order chi connectivity index (χ1) is 7.19. The van der Waals surface area contributed by atoms with Crippen LogP contribution in [-0.2, 0) is 0 Å². The van der Waals surface area contributed by atoms with Crippen molar-refractivity contribution in [2.45, 2.75) is 6.92 Å². The molecule has 4 heteroatoms. The van der Waals surface area contributed by atoms with Crippen LogP contribution in [0.3, 0.4) is 0 Å². The van der Waals surface area contributed by atoms with Crippen LogP contribution in [0.15, 0.2) is 31.4 Å². The Kier molecular flexibility index (Phi) is 4.24. The molecule has 3 nitrogen and oxygen atoms in total. The fraction of sp³-hybridized carbons (Fsp3) is 0.273. The highest BCUT2D eigenvalue weighted by molar-refractivity contribution is 7.05. The van der Waals surface area contributed by atoms with E-state index in [0.29, 0.717) is 18.8 Å². The van der Waals surface area contributed by atoms with Crippen LogP contribution in [0.2, 0.25) is 0 Å². The Morgan fingerprint density at radius 1 is 1.53 bits per heavy atom. The lowest BCUT2D eigenvalue weighted by atomic mass is 10.3. The van der Waals surface area contributed by atoms with E-state index in [-0.39, 0.29) is 5.91 Å². The molecule has 0 aliphatic heterocycles. The molecule has 0 aliphatic rings. The molecule has 0 N–H and O–H groups in total. The Morgan fingerprint density at radius 3 is 2.53 bits per heavy atom. The first-order valence-corrected chi connectivity index (χ1v) is 5.40. The third-order valence-corrected chi connectivity index (χ3v) is 2.53. The Balaban J connectivity index is 2.79. The Bertz CT molecular complexity index is 360. The standard InChI is InChI=1S/C11H14N2OS/c1-4-6-13(7-5-2)11(14)10-8-9(3)15-12-10/h4-5,8H,1-2,6-7H2,3H3. The van der Waals surface area contributed by atoms with Crippen LogP contribution in [0.5, 0.6) is 0 Å². The fourth-order valence-electron chi connectivity index (χ4n) is 1.18. The molecule has 1 amide bonds. The molecule has 0 unspecified atom stereocenters. The molecular formula is C11H14N2OS. The van der Waals surface area contributed by atoms with Crippen molar-refractivity contribution in [1.29, 1.82) is 0 Å². The number of aromatic nitrogens is 1. The quantitative estimate of drug-likeness (QED) is 0.716. The Morgan fingerprint density at radius 2 is 2.13 bits per heavy atom. The first kappa shape index (κ1) is 11.7. The van der Waals surface area contributed by atoms with Crippen molar-refractivity contribution in [2.75, 3.05) is 13.1 Å². The van der Waals surface area contributed by atoms with Gasteiger partial charge in [0.1, 0.15) is 5.69 Å². The summed E-state index contributed by atoms with van der Waals surface area (Å²) in [6.07, 6.45) is 3.39. The van der Waals surface area contributed by atoms with Gasteiger partial charge in [-0.2, -0.15) is 4.37 Å². The summed E-state index contributed by atoms with van der Waals surface area (Å²) in [7, 11) is 0. The normalized spacial score (nSPS) is 9.67. The van der Waals surface area contributed by atoms with E-state index in [9.17, 15) is 4.79 Å². The Labute approximate surface area is 93.9 Å². The van der Waals surface area contributed by atoms with Gasteiger partial charge in [0.05, 0.1) is 0 Å². The summed E-state index contributed by atoms with van der Waals surface area (Å²) >= 11 is 1.34. The highest BCUT2D eigenvalue weighted by atomic mass is 32.1. The van der Waals surface area contributed by atoms with E-state index in [4.69, 9.17) is 0 Å². The average Bonchev–Trinajstić information content (AvgIpc) is 2.63. The molecule has 1 rings (SSSR count). The van der Waals surface area contributed by atoms with Gasteiger partial charge in [-0.15, -0.1) is 13.2 Å². The maximum absolute atomic E-state index is 11.9. The molecule has 0 atom stereocenters. The van der Waals surface area contributed by atoms with E-state index in [2.05, 4.69) is 17.5 Å². The average molecular weight is 222 g/mol. The predicted molar refractivity (Wildman–Crippen MR) is 63.1 cm³/mol. The van der Waals surface area contributed by atoms with Gasteiger partial charge in [-0.1, -0.05) is 12.2 Å². The van der Waals surface area contributed by atoms with Crippen LogP contribution in [0.4, 0.5) is 0 Å². The zero-order valence-corrected chi connectivity index (χ0v) is 9.59. The molecule has 1 aromatic heterocycles. The molecule has 1 aromatic rings. The van der Waals surface area contributed by atoms with E-state index in [0.717, 1.165) is 4.88 Å². The largest absolute Gasteiger partial charge is 0.330 e. The number of carbonyl (C=O) groups is 1. The van der Waals surface area contributed by atoms with Gasteiger partial charge in [-0.3, -0.25) is 4.79 Å². The maximum atomic E-state index is 11.9. The van der Waals surface area contributed by atoms with Gasteiger partial charge in [0, 0.05) is 18.0 Å². The van der Waals surface area contributed by atoms with Crippen molar-refractivity contribution in [3.63, 3.8) is 0 Å². The van der Waals surface area contributed by atoms with Gasteiger partial charge < -0.3 is 4.90 Å². The number of amides is 1. The second-order valence-electron chi connectivity index (χ2n) is 3.11. The fourth-order valence-corrected chi connectivity index (χ4v) is 1.72. The highest BCUT2D eigenvalue weighted by Crippen LogP contribution is 2.10. The van der Waals surface area contributed by atoms with E-state index in [1.807, 2.05) is 6.92 Å². The summed E-state index contributed by atoms with van der Waals surface area (Å²) < 4.78 is 4.08. The van der Waals surface area contributed by atoms with Gasteiger partial charge in [0.2, 0.25) is 0 Å². The molecule has 0 fully saturated rings. The summed E-state index contributed by atoms with van der Waals surface area (Å²) in [4.78, 5) is 14.6. The third-order valence-electron chi connectivity index (χ3n) is 1.83. The van der Waals surface area contributed by atoms with E-state index in [1.54, 1.807) is 23.1 Å². The van der Waals surface area contributed by atoms with Gasteiger partial charge >= 0.3 is 0 Å². The van der Waals surface area contributed by atoms with Crippen molar-refractivity contribution >= 4 is 17.4 Å². The topological polar surface area (TPSA) is 33.2 Å². The lowest BCUT2D eigenvalue weighted by Gasteiger charge is -2.17. The monoisotopic (exact) mass is 222 g/mol. The third kappa shape index (κ3) is 3.02. The summed E-state index contributed by atoms with van der Waals surface area (Å²) in [6.45, 7) is 10.2. The van der Waals surface area contributed by atoms with Crippen LogP contribution in [0.25, 0.3) is 0 Å². The maximum Gasteiger partial charge on any atom is 0.274 e. The molecule has 0 radical (unpaired) electrons. The molecular weight excluding hydrogens is 208 g/mol. The Hall–Kier alpha value is -1.42. The van der Waals surface area contributed by atoms with E-state index < -0.39 is 0 Å². The molecule has 0 aromatic carbocycles. The van der Waals surface area contributed by atoms with Crippen LogP contribution in [-0.4, -0.2) is 28.3 Å². The van der Waals surface area contributed by atoms with Gasteiger partial charge in [0.15, 0.2) is 0 Å². The van der Waals surface area contributed by atoms with Gasteiger partial charge in [-0.05, 0) is 24.5 Å². The minimum Gasteiger partial charge on any atom is -0.330 e. The van der Waals surface area contributed by atoms with Crippen LogP contribution < -0.4 is 0 Å². The molecule has 0 saturated heterocycles. The zero-order valence-electron chi connectivity index (χ0n) is 8.77. The summed E-state index contributed by atoms with van der Waals surface area (Å²) in [6, 6.07) is 1.80. The number of hydrogen-bond donors (Lipinski definition) is 0. The van der Waals surface area contributed by atoms with Crippen LogP contribution in [0.1, 0.15) is 15.4 Å². The molecule has 0 saturated carbocycles.